The smallest absolute Gasteiger partial charge is 0.407 e. The van der Waals surface area contributed by atoms with E-state index < -0.39 is 47.6 Å². The molecule has 3 rings (SSSR count). The number of carboxylic acid groups (broad SMARTS) is 1. The summed E-state index contributed by atoms with van der Waals surface area (Å²) in [5, 5.41) is 40.8. The number of hydrogen-bond donors (Lipinski definition) is 4. The molecule has 4 atom stereocenters. The molecule has 0 spiro atoms. The molecule has 0 radical (unpaired) electrons. The fourth-order valence-corrected chi connectivity index (χ4v) is 5.66. The monoisotopic (exact) mass is 568 g/mol. The van der Waals surface area contributed by atoms with Gasteiger partial charge in [-0.15, -0.1) is 0 Å². The van der Waals surface area contributed by atoms with Crippen LogP contribution in [0.5, 0.6) is 0 Å². The maximum atomic E-state index is 12.5. The van der Waals surface area contributed by atoms with Gasteiger partial charge in [0.05, 0.1) is 24.3 Å². The number of alkyl carbamates (subject to hydrolysis) is 1. The second-order valence-corrected chi connectivity index (χ2v) is 12.3. The van der Waals surface area contributed by atoms with E-state index in [9.17, 15) is 24.9 Å². The molecule has 9 heteroatoms. The first kappa shape index (κ1) is 32.4. The van der Waals surface area contributed by atoms with E-state index in [4.69, 9.17) is 4.74 Å². The highest BCUT2D eigenvalue weighted by Gasteiger charge is 2.41. The second-order valence-electron chi connectivity index (χ2n) is 12.3. The number of benzene rings is 2. The molecule has 4 N–H and O–H groups in total. The van der Waals surface area contributed by atoms with Gasteiger partial charge >= 0.3 is 6.09 Å². The standard InChI is InChI=1S/C32H47N3O6/c1-31(2,3)41-29(38)34-25(19-23-13-7-5-8-14-23)27(36)21-33-22-28(37)26(20-24-15-9-6-10-16-24)35(30(39)40)32(4)17-11-12-18-32/h5-10,13-16,25-28,33,36-37H,11-12,17-22H2,1-4H3,(H,34,38)(H,39,40)/p-1/t25-,26-,27+,28+/m0/s1. The van der Waals surface area contributed by atoms with Gasteiger partial charge < -0.3 is 40.4 Å². The maximum absolute atomic E-state index is 12.5. The summed E-state index contributed by atoms with van der Waals surface area (Å²) >= 11 is 0. The Morgan fingerprint density at radius 1 is 0.927 bits per heavy atom. The SMILES string of the molecule is CC(C)(C)OC(=O)N[C@@H](Cc1ccccc1)[C@H](O)CNC[C@@H](O)[C@H](Cc1ccccc1)N(C(=O)[O-])C1(C)CCCC1. The predicted octanol–water partition coefficient (Wildman–Crippen LogP) is 3.02. The molecule has 0 saturated heterocycles. The third-order valence-corrected chi connectivity index (χ3v) is 7.69. The molecule has 1 aliphatic carbocycles. The number of nitrogens with one attached hydrogen (secondary N) is 2. The normalized spacial score (nSPS) is 17.7. The average molecular weight is 569 g/mol. The van der Waals surface area contributed by atoms with Crippen molar-refractivity contribution in [3.05, 3.63) is 71.8 Å². The molecule has 1 fully saturated rings. The van der Waals surface area contributed by atoms with Crippen molar-refractivity contribution in [1.29, 1.82) is 0 Å². The molecule has 41 heavy (non-hydrogen) atoms. The summed E-state index contributed by atoms with van der Waals surface area (Å²) in [6.07, 6.45) is -0.0277. The molecule has 0 unspecified atom stereocenters. The Morgan fingerprint density at radius 2 is 1.44 bits per heavy atom. The van der Waals surface area contributed by atoms with Crippen molar-refractivity contribution in [2.24, 2.45) is 0 Å². The molecular weight excluding hydrogens is 522 g/mol. The fourth-order valence-electron chi connectivity index (χ4n) is 5.66. The number of carbonyl (C=O) groups excluding carboxylic acids is 2. The fraction of sp³-hybridized carbons (Fsp3) is 0.562. The zero-order valence-electron chi connectivity index (χ0n) is 24.7. The Morgan fingerprint density at radius 3 is 1.95 bits per heavy atom. The van der Waals surface area contributed by atoms with Gasteiger partial charge in [-0.3, -0.25) is 0 Å². The first-order valence-electron chi connectivity index (χ1n) is 14.5. The van der Waals surface area contributed by atoms with Crippen LogP contribution in [0.25, 0.3) is 0 Å². The van der Waals surface area contributed by atoms with Crippen LogP contribution in [-0.2, 0) is 17.6 Å². The van der Waals surface area contributed by atoms with Gasteiger partial charge in [0.25, 0.3) is 0 Å². The molecule has 0 aliphatic heterocycles. The quantitative estimate of drug-likeness (QED) is 0.292. The van der Waals surface area contributed by atoms with Crippen molar-refractivity contribution >= 4 is 12.2 Å². The van der Waals surface area contributed by atoms with Crippen LogP contribution in [-0.4, -0.2) is 75.8 Å². The zero-order valence-corrected chi connectivity index (χ0v) is 24.7. The third kappa shape index (κ3) is 10.0. The predicted molar refractivity (Wildman–Crippen MR) is 156 cm³/mol. The van der Waals surface area contributed by atoms with Crippen LogP contribution in [0.4, 0.5) is 9.59 Å². The number of carbonyl (C=O) groups is 2. The number of nitrogens with zero attached hydrogens (tertiary/aromatic N) is 1. The molecule has 1 saturated carbocycles. The van der Waals surface area contributed by atoms with Gasteiger partial charge in [0.1, 0.15) is 11.7 Å². The Labute approximate surface area is 243 Å². The number of hydrogen-bond acceptors (Lipinski definition) is 7. The number of ether oxygens (including phenoxy) is 1. The van der Waals surface area contributed by atoms with Gasteiger partial charge in [0, 0.05) is 18.6 Å². The average Bonchev–Trinajstić information content (AvgIpc) is 3.34. The van der Waals surface area contributed by atoms with Crippen molar-refractivity contribution in [2.75, 3.05) is 13.1 Å². The van der Waals surface area contributed by atoms with E-state index in [1.54, 1.807) is 20.8 Å². The Balaban J connectivity index is 1.71. The number of rotatable bonds is 13. The summed E-state index contributed by atoms with van der Waals surface area (Å²) in [7, 11) is 0. The third-order valence-electron chi connectivity index (χ3n) is 7.69. The highest BCUT2D eigenvalue weighted by molar-refractivity contribution is 5.68. The van der Waals surface area contributed by atoms with E-state index in [2.05, 4.69) is 10.6 Å². The molecule has 226 valence electrons. The zero-order chi connectivity index (χ0) is 30.0. The lowest BCUT2D eigenvalue weighted by Gasteiger charge is -2.47. The minimum atomic E-state index is -1.29. The van der Waals surface area contributed by atoms with Crippen molar-refractivity contribution in [3.8, 4) is 0 Å². The van der Waals surface area contributed by atoms with Crippen LogP contribution in [0, 0.1) is 0 Å². The van der Waals surface area contributed by atoms with E-state index in [0.29, 0.717) is 25.7 Å². The van der Waals surface area contributed by atoms with Crippen LogP contribution in [0.15, 0.2) is 60.7 Å². The van der Waals surface area contributed by atoms with E-state index >= 15 is 0 Å². The first-order valence-corrected chi connectivity index (χ1v) is 14.5. The largest absolute Gasteiger partial charge is 0.530 e. The second kappa shape index (κ2) is 14.7. The molecule has 0 heterocycles. The van der Waals surface area contributed by atoms with Crippen LogP contribution in [0.3, 0.4) is 0 Å². The summed E-state index contributed by atoms with van der Waals surface area (Å²) in [6.45, 7) is 7.34. The summed E-state index contributed by atoms with van der Waals surface area (Å²) in [5.41, 5.74) is 0.541. The molecule has 2 aromatic carbocycles. The van der Waals surface area contributed by atoms with Crippen LogP contribution >= 0.6 is 0 Å². The van der Waals surface area contributed by atoms with Gasteiger partial charge in [-0.05, 0) is 64.5 Å². The van der Waals surface area contributed by atoms with Crippen molar-refractivity contribution < 1.29 is 29.6 Å². The van der Waals surface area contributed by atoms with Crippen LogP contribution < -0.4 is 15.7 Å². The van der Waals surface area contributed by atoms with E-state index in [1.807, 2.05) is 67.6 Å². The maximum Gasteiger partial charge on any atom is 0.407 e. The first-order chi connectivity index (χ1) is 19.4. The van der Waals surface area contributed by atoms with E-state index in [1.165, 1.54) is 4.90 Å². The molecule has 0 aromatic heterocycles. The van der Waals surface area contributed by atoms with Gasteiger partial charge in [-0.2, -0.15) is 0 Å². The van der Waals surface area contributed by atoms with Crippen molar-refractivity contribution in [2.45, 2.75) is 102 Å². The molecule has 0 bridgehead atoms. The van der Waals surface area contributed by atoms with E-state index in [-0.39, 0.29) is 13.1 Å². The molecule has 2 amide bonds. The van der Waals surface area contributed by atoms with Crippen molar-refractivity contribution in [1.82, 2.24) is 15.5 Å². The minimum absolute atomic E-state index is 0.0406. The highest BCUT2D eigenvalue weighted by atomic mass is 16.6. The summed E-state index contributed by atoms with van der Waals surface area (Å²) in [4.78, 5) is 26.3. The molecule has 1 aliphatic rings. The topological polar surface area (TPSA) is 134 Å². The Kier molecular flexibility index (Phi) is 11.6. The van der Waals surface area contributed by atoms with Gasteiger partial charge in [-0.25, -0.2) is 4.79 Å². The highest BCUT2D eigenvalue weighted by Crippen LogP contribution is 2.37. The van der Waals surface area contributed by atoms with Crippen LogP contribution in [0.2, 0.25) is 0 Å². The summed E-state index contributed by atoms with van der Waals surface area (Å²) in [5.74, 6) is 0. The Hall–Kier alpha value is -3.14. The van der Waals surface area contributed by atoms with E-state index in [0.717, 1.165) is 24.0 Å². The lowest BCUT2D eigenvalue weighted by molar-refractivity contribution is -0.276. The van der Waals surface area contributed by atoms with Gasteiger partial charge in [0.2, 0.25) is 0 Å². The minimum Gasteiger partial charge on any atom is -0.530 e. The van der Waals surface area contributed by atoms with Crippen molar-refractivity contribution in [3.63, 3.8) is 0 Å². The number of aliphatic hydroxyl groups excluding tert-OH is 2. The number of amides is 2. The van der Waals surface area contributed by atoms with Gasteiger partial charge in [-0.1, -0.05) is 73.5 Å². The number of aliphatic hydroxyl groups is 2. The summed E-state index contributed by atoms with van der Waals surface area (Å²) < 4.78 is 5.41. The summed E-state index contributed by atoms with van der Waals surface area (Å²) in [6, 6.07) is 17.6. The Bertz CT molecular complexity index is 1090. The van der Waals surface area contributed by atoms with Crippen LogP contribution in [0.1, 0.15) is 64.5 Å². The lowest BCUT2D eigenvalue weighted by atomic mass is 9.91. The lowest BCUT2D eigenvalue weighted by Crippen LogP contribution is -2.63. The van der Waals surface area contributed by atoms with Gasteiger partial charge in [0.15, 0.2) is 0 Å². The molecule has 9 nitrogen and oxygen atoms in total. The molecule has 2 aromatic rings. The molecular formula is C32H46N3O6-.